The molecule has 0 aromatic carbocycles. The van der Waals surface area contributed by atoms with Crippen LogP contribution in [0.3, 0.4) is 0 Å². The van der Waals surface area contributed by atoms with Crippen molar-refractivity contribution < 1.29 is 14.3 Å². The zero-order valence-corrected chi connectivity index (χ0v) is 5.41. The van der Waals surface area contributed by atoms with Crippen LogP contribution in [0.25, 0.3) is 0 Å². The van der Waals surface area contributed by atoms with Gasteiger partial charge in [0.05, 0.1) is 0 Å². The third-order valence-electron chi connectivity index (χ3n) is 1.07. The molecule has 0 unspecified atom stereocenters. The van der Waals surface area contributed by atoms with E-state index >= 15 is 0 Å². The summed E-state index contributed by atoms with van der Waals surface area (Å²) in [6.07, 6.45) is 2.90. The summed E-state index contributed by atoms with van der Waals surface area (Å²) in [5, 5.41) is 8.75. The lowest BCUT2D eigenvalue weighted by molar-refractivity contribution is 0.269. The normalized spacial score (nSPS) is 16.3. The Bertz CT molecular complexity index is 177. The molecule has 10 heavy (non-hydrogen) atoms. The predicted octanol–water partition coefficient (Wildman–Crippen LogP) is 0.594. The highest BCUT2D eigenvalue weighted by molar-refractivity contribution is 6.36. The molecule has 1 aliphatic rings. The van der Waals surface area contributed by atoms with Gasteiger partial charge in [-0.05, 0) is 12.2 Å². The Morgan fingerprint density at radius 3 is 1.90 bits per heavy atom. The molecule has 4 heteroatoms. The van der Waals surface area contributed by atoms with E-state index in [1.54, 1.807) is 0 Å². The van der Waals surface area contributed by atoms with E-state index in [1.165, 1.54) is 12.2 Å². The molecule has 0 radical (unpaired) electrons. The first-order valence-electron chi connectivity index (χ1n) is 2.78. The Morgan fingerprint density at radius 1 is 1.20 bits per heavy atom. The highest BCUT2D eigenvalue weighted by atomic mass is 16.7. The van der Waals surface area contributed by atoms with Crippen molar-refractivity contribution in [2.24, 2.45) is 0 Å². The molecule has 0 aromatic rings. The highest BCUT2D eigenvalue weighted by Crippen LogP contribution is 2.19. The van der Waals surface area contributed by atoms with Gasteiger partial charge >= 0.3 is 7.32 Å². The minimum Gasteiger partial charge on any atom is -0.498 e. The number of hydrogen-bond donors (Lipinski definition) is 1. The molecule has 0 aromatic heterocycles. The van der Waals surface area contributed by atoms with Crippen LogP contribution in [0.5, 0.6) is 0 Å². The fourth-order valence-electron chi connectivity index (χ4n) is 0.655. The summed E-state index contributed by atoms with van der Waals surface area (Å²) in [6, 6.07) is 0. The van der Waals surface area contributed by atoms with E-state index in [2.05, 4.69) is 13.2 Å². The second-order valence-corrected chi connectivity index (χ2v) is 1.68. The Hall–Kier alpha value is -1.16. The number of allylic oxidation sites excluding steroid dienone is 2. The maximum atomic E-state index is 8.75. The Labute approximate surface area is 59.4 Å². The smallest absolute Gasteiger partial charge is 0.498 e. The molecular weight excluding hydrogens is 131 g/mol. The maximum absolute atomic E-state index is 8.75. The lowest BCUT2D eigenvalue weighted by atomic mass is 10.3. The second kappa shape index (κ2) is 2.62. The van der Waals surface area contributed by atoms with E-state index in [0.717, 1.165) is 0 Å². The van der Waals surface area contributed by atoms with Crippen molar-refractivity contribution in [1.29, 1.82) is 0 Å². The average molecular weight is 138 g/mol. The van der Waals surface area contributed by atoms with Crippen molar-refractivity contribution in [3.05, 3.63) is 36.8 Å². The van der Waals surface area contributed by atoms with Crippen LogP contribution in [-0.4, -0.2) is 12.3 Å². The Balaban J connectivity index is 2.80. The summed E-state index contributed by atoms with van der Waals surface area (Å²) < 4.78 is 9.48. The molecule has 0 amide bonds. The van der Waals surface area contributed by atoms with Crippen LogP contribution in [-0.2, 0) is 9.31 Å². The quantitative estimate of drug-likeness (QED) is 0.567. The minimum absolute atomic E-state index is 0.419. The van der Waals surface area contributed by atoms with Gasteiger partial charge in [0.2, 0.25) is 0 Å². The van der Waals surface area contributed by atoms with E-state index in [9.17, 15) is 0 Å². The van der Waals surface area contributed by atoms with Gasteiger partial charge in [0, 0.05) is 0 Å². The molecule has 0 bridgehead atoms. The summed E-state index contributed by atoms with van der Waals surface area (Å²) in [5.41, 5.74) is 0. The van der Waals surface area contributed by atoms with Crippen LogP contribution < -0.4 is 0 Å². The standard InChI is InChI=1S/C6H7BO3/c1-3-5-6(4-2)10-7(8)9-5/h3-4,8H,1-2H2. The van der Waals surface area contributed by atoms with Crippen LogP contribution in [0.1, 0.15) is 0 Å². The summed E-state index contributed by atoms with van der Waals surface area (Å²) in [4.78, 5) is 0. The number of hydrogen-bond acceptors (Lipinski definition) is 3. The minimum atomic E-state index is -1.21. The summed E-state index contributed by atoms with van der Waals surface area (Å²) in [7, 11) is -1.21. The van der Waals surface area contributed by atoms with Crippen LogP contribution in [0, 0.1) is 0 Å². The number of rotatable bonds is 2. The topological polar surface area (TPSA) is 38.7 Å². The zero-order valence-electron chi connectivity index (χ0n) is 5.41. The molecule has 0 aliphatic carbocycles. The van der Waals surface area contributed by atoms with Gasteiger partial charge in [0.1, 0.15) is 11.5 Å². The molecule has 0 saturated carbocycles. The first-order chi connectivity index (χ1) is 4.77. The Kier molecular flexibility index (Phi) is 1.82. The van der Waals surface area contributed by atoms with Crippen LogP contribution in [0.4, 0.5) is 0 Å². The van der Waals surface area contributed by atoms with Crippen molar-refractivity contribution in [1.82, 2.24) is 0 Å². The molecule has 1 N–H and O–H groups in total. The molecule has 0 atom stereocenters. The lowest BCUT2D eigenvalue weighted by Crippen LogP contribution is -2.13. The molecule has 1 rings (SSSR count). The van der Waals surface area contributed by atoms with Gasteiger partial charge in [-0.1, -0.05) is 13.2 Å². The largest absolute Gasteiger partial charge is 0.785 e. The van der Waals surface area contributed by atoms with Crippen molar-refractivity contribution in [3.8, 4) is 0 Å². The van der Waals surface area contributed by atoms with Crippen molar-refractivity contribution >= 4 is 7.32 Å². The van der Waals surface area contributed by atoms with E-state index in [1.807, 2.05) is 0 Å². The third kappa shape index (κ3) is 1.06. The molecule has 0 saturated heterocycles. The maximum Gasteiger partial charge on any atom is 0.785 e. The van der Waals surface area contributed by atoms with Crippen LogP contribution >= 0.6 is 0 Å². The van der Waals surface area contributed by atoms with E-state index in [0.29, 0.717) is 11.5 Å². The SMILES string of the molecule is C=CC1=C(C=C)OB(O)O1. The third-order valence-corrected chi connectivity index (χ3v) is 1.07. The van der Waals surface area contributed by atoms with E-state index in [4.69, 9.17) is 14.3 Å². The first-order valence-corrected chi connectivity index (χ1v) is 2.78. The molecule has 0 spiro atoms. The van der Waals surface area contributed by atoms with E-state index in [-0.39, 0.29) is 0 Å². The average Bonchev–Trinajstić information content (AvgIpc) is 2.30. The van der Waals surface area contributed by atoms with Gasteiger partial charge in [-0.2, -0.15) is 0 Å². The fraction of sp³-hybridized carbons (Fsp3) is 0. The highest BCUT2D eigenvalue weighted by Gasteiger charge is 2.30. The van der Waals surface area contributed by atoms with Crippen LogP contribution in [0.2, 0.25) is 0 Å². The molecule has 1 heterocycles. The van der Waals surface area contributed by atoms with Gasteiger partial charge < -0.3 is 14.3 Å². The second-order valence-electron chi connectivity index (χ2n) is 1.68. The summed E-state index contributed by atoms with van der Waals surface area (Å²) in [5.74, 6) is 0.838. The zero-order chi connectivity index (χ0) is 7.56. The predicted molar refractivity (Wildman–Crippen MR) is 37.6 cm³/mol. The van der Waals surface area contributed by atoms with Gasteiger partial charge in [0.25, 0.3) is 0 Å². The molecule has 3 nitrogen and oxygen atoms in total. The van der Waals surface area contributed by atoms with E-state index < -0.39 is 7.32 Å². The summed E-state index contributed by atoms with van der Waals surface area (Å²) >= 11 is 0. The first kappa shape index (κ1) is 6.96. The van der Waals surface area contributed by atoms with Crippen molar-refractivity contribution in [3.63, 3.8) is 0 Å². The van der Waals surface area contributed by atoms with Gasteiger partial charge in [0.15, 0.2) is 0 Å². The van der Waals surface area contributed by atoms with Gasteiger partial charge in [-0.3, -0.25) is 0 Å². The van der Waals surface area contributed by atoms with Crippen LogP contribution in [0.15, 0.2) is 36.8 Å². The fourth-order valence-corrected chi connectivity index (χ4v) is 0.655. The summed E-state index contributed by atoms with van der Waals surface area (Å²) in [6.45, 7) is 6.91. The molecule has 0 fully saturated rings. The van der Waals surface area contributed by atoms with Gasteiger partial charge in [-0.15, -0.1) is 0 Å². The van der Waals surface area contributed by atoms with Crippen molar-refractivity contribution in [2.75, 3.05) is 0 Å². The molecule has 1 aliphatic heterocycles. The Morgan fingerprint density at radius 2 is 1.60 bits per heavy atom. The van der Waals surface area contributed by atoms with Crippen molar-refractivity contribution in [2.45, 2.75) is 0 Å². The van der Waals surface area contributed by atoms with Gasteiger partial charge in [-0.25, -0.2) is 0 Å². The monoisotopic (exact) mass is 138 g/mol. The molecule has 52 valence electrons. The molecular formula is C6H7BO3. The lowest BCUT2D eigenvalue weighted by Gasteiger charge is -1.93.